The summed E-state index contributed by atoms with van der Waals surface area (Å²) in [6, 6.07) is 12.3. The summed E-state index contributed by atoms with van der Waals surface area (Å²) in [5.74, 6) is -0.0330. The molecule has 3 rings (SSSR count). The van der Waals surface area contributed by atoms with Gasteiger partial charge in [-0.1, -0.05) is 37.3 Å². The molecule has 0 spiro atoms. The zero-order valence-electron chi connectivity index (χ0n) is 15.0. The minimum Gasteiger partial charge on any atom is -0.373 e. The molecule has 5 heteroatoms. The average molecular weight is 341 g/mol. The van der Waals surface area contributed by atoms with Gasteiger partial charge in [-0.2, -0.15) is 0 Å². The maximum atomic E-state index is 12.5. The quantitative estimate of drug-likeness (QED) is 0.849. The SMILES string of the molecule is CC[C@@H](NC(=O)c1cc[nH]c1C)[C@@H]1CN(Cc2ccccc2)CCO1. The summed E-state index contributed by atoms with van der Waals surface area (Å²) in [5.41, 5.74) is 2.90. The lowest BCUT2D eigenvalue weighted by Crippen LogP contribution is -2.53. The third kappa shape index (κ3) is 4.50. The van der Waals surface area contributed by atoms with E-state index in [-0.39, 0.29) is 18.1 Å². The number of ether oxygens (including phenoxy) is 1. The number of H-pyrrole nitrogens is 1. The molecular formula is C20H27N3O2. The van der Waals surface area contributed by atoms with E-state index in [1.807, 2.05) is 19.1 Å². The molecule has 2 atom stereocenters. The van der Waals surface area contributed by atoms with Gasteiger partial charge in [0.1, 0.15) is 0 Å². The van der Waals surface area contributed by atoms with Crippen molar-refractivity contribution in [1.82, 2.24) is 15.2 Å². The van der Waals surface area contributed by atoms with Gasteiger partial charge in [-0.15, -0.1) is 0 Å². The van der Waals surface area contributed by atoms with Crippen LogP contribution in [0.4, 0.5) is 0 Å². The van der Waals surface area contributed by atoms with Crippen molar-refractivity contribution in [3.63, 3.8) is 0 Å². The van der Waals surface area contributed by atoms with Crippen molar-refractivity contribution in [2.75, 3.05) is 19.7 Å². The Morgan fingerprint density at radius 3 is 2.84 bits per heavy atom. The Morgan fingerprint density at radius 1 is 1.36 bits per heavy atom. The Hall–Kier alpha value is -2.11. The summed E-state index contributed by atoms with van der Waals surface area (Å²) in [6.45, 7) is 7.38. The minimum atomic E-state index is -0.0330. The number of rotatable bonds is 6. The zero-order chi connectivity index (χ0) is 17.6. The number of aromatic nitrogens is 1. The molecule has 5 nitrogen and oxygen atoms in total. The molecule has 0 saturated carbocycles. The molecule has 2 heterocycles. The molecule has 2 aromatic rings. The van der Waals surface area contributed by atoms with Crippen LogP contribution in [0.3, 0.4) is 0 Å². The van der Waals surface area contributed by atoms with Crippen molar-refractivity contribution in [1.29, 1.82) is 0 Å². The summed E-state index contributed by atoms with van der Waals surface area (Å²) in [4.78, 5) is 18.0. The lowest BCUT2D eigenvalue weighted by atomic mass is 10.0. The van der Waals surface area contributed by atoms with Crippen LogP contribution in [0.2, 0.25) is 0 Å². The van der Waals surface area contributed by atoms with Crippen molar-refractivity contribution in [3.05, 3.63) is 59.4 Å². The van der Waals surface area contributed by atoms with Gasteiger partial charge in [0.15, 0.2) is 0 Å². The normalized spacial score (nSPS) is 19.5. The molecule has 0 unspecified atom stereocenters. The van der Waals surface area contributed by atoms with Crippen LogP contribution in [0.25, 0.3) is 0 Å². The second-order valence-electron chi connectivity index (χ2n) is 6.63. The Morgan fingerprint density at radius 2 is 2.16 bits per heavy atom. The standard InChI is InChI=1S/C20H27N3O2/c1-3-18(22-20(24)17-9-10-21-15(17)2)19-14-23(11-12-25-19)13-16-7-5-4-6-8-16/h4-10,18-19,21H,3,11-14H2,1-2H3,(H,22,24)/t18-,19+/m1/s1. The number of nitrogens with one attached hydrogen (secondary N) is 2. The van der Waals surface area contributed by atoms with E-state index >= 15 is 0 Å². The molecule has 1 saturated heterocycles. The smallest absolute Gasteiger partial charge is 0.253 e. The first kappa shape index (κ1) is 17.7. The van der Waals surface area contributed by atoms with Gasteiger partial charge in [-0.05, 0) is 25.0 Å². The van der Waals surface area contributed by atoms with Crippen LogP contribution >= 0.6 is 0 Å². The zero-order valence-corrected chi connectivity index (χ0v) is 15.0. The second kappa shape index (κ2) is 8.32. The van der Waals surface area contributed by atoms with Gasteiger partial charge in [0.05, 0.1) is 24.3 Å². The molecule has 1 amide bonds. The van der Waals surface area contributed by atoms with Gasteiger partial charge < -0.3 is 15.0 Å². The number of aryl methyl sites for hydroxylation is 1. The molecule has 1 aromatic carbocycles. The first-order chi connectivity index (χ1) is 12.2. The number of aromatic amines is 1. The molecule has 1 fully saturated rings. The third-order valence-electron chi connectivity index (χ3n) is 4.83. The lowest BCUT2D eigenvalue weighted by molar-refractivity contribution is -0.0483. The van der Waals surface area contributed by atoms with Gasteiger partial charge >= 0.3 is 0 Å². The first-order valence-electron chi connectivity index (χ1n) is 9.00. The monoisotopic (exact) mass is 341 g/mol. The highest BCUT2D eigenvalue weighted by molar-refractivity contribution is 5.95. The number of benzene rings is 1. The van der Waals surface area contributed by atoms with Crippen LogP contribution < -0.4 is 5.32 Å². The number of carbonyl (C=O) groups is 1. The predicted octanol–water partition coefficient (Wildman–Crippen LogP) is 2.73. The van der Waals surface area contributed by atoms with Gasteiger partial charge in [0.25, 0.3) is 5.91 Å². The minimum absolute atomic E-state index is 0.0142. The van der Waals surface area contributed by atoms with Crippen molar-refractivity contribution in [2.45, 2.75) is 39.0 Å². The molecule has 0 radical (unpaired) electrons. The van der Waals surface area contributed by atoms with E-state index in [2.05, 4.69) is 46.4 Å². The van der Waals surface area contributed by atoms with E-state index in [1.165, 1.54) is 5.56 Å². The second-order valence-corrected chi connectivity index (χ2v) is 6.63. The Bertz CT molecular complexity index is 683. The van der Waals surface area contributed by atoms with Crippen LogP contribution in [0, 0.1) is 6.92 Å². The number of nitrogens with zero attached hydrogens (tertiary/aromatic N) is 1. The van der Waals surface area contributed by atoms with E-state index < -0.39 is 0 Å². The summed E-state index contributed by atoms with van der Waals surface area (Å²) in [5, 5.41) is 3.15. The van der Waals surface area contributed by atoms with E-state index in [1.54, 1.807) is 6.20 Å². The largest absolute Gasteiger partial charge is 0.373 e. The van der Waals surface area contributed by atoms with Crippen LogP contribution in [0.5, 0.6) is 0 Å². The number of morpholine rings is 1. The first-order valence-corrected chi connectivity index (χ1v) is 9.00. The molecule has 1 aliphatic rings. The average Bonchev–Trinajstić information content (AvgIpc) is 3.07. The van der Waals surface area contributed by atoms with E-state index in [0.29, 0.717) is 12.2 Å². The number of hydrogen-bond donors (Lipinski definition) is 2. The van der Waals surface area contributed by atoms with Crippen molar-refractivity contribution in [2.24, 2.45) is 0 Å². The molecular weight excluding hydrogens is 314 g/mol. The summed E-state index contributed by atoms with van der Waals surface area (Å²) < 4.78 is 5.98. The fourth-order valence-electron chi connectivity index (χ4n) is 3.36. The van der Waals surface area contributed by atoms with E-state index in [4.69, 9.17) is 4.74 Å². The van der Waals surface area contributed by atoms with Crippen LogP contribution in [-0.4, -0.2) is 47.6 Å². The number of carbonyl (C=O) groups excluding carboxylic acids is 1. The molecule has 0 bridgehead atoms. The Kier molecular flexibility index (Phi) is 5.89. The van der Waals surface area contributed by atoms with E-state index in [0.717, 1.165) is 31.7 Å². The highest BCUT2D eigenvalue weighted by atomic mass is 16.5. The lowest BCUT2D eigenvalue weighted by Gasteiger charge is -2.37. The van der Waals surface area contributed by atoms with Gasteiger partial charge in [-0.25, -0.2) is 0 Å². The number of amides is 1. The fourth-order valence-corrected chi connectivity index (χ4v) is 3.36. The van der Waals surface area contributed by atoms with Crippen LogP contribution in [-0.2, 0) is 11.3 Å². The van der Waals surface area contributed by atoms with Gasteiger partial charge in [0.2, 0.25) is 0 Å². The van der Waals surface area contributed by atoms with Gasteiger partial charge in [0, 0.05) is 31.5 Å². The van der Waals surface area contributed by atoms with Crippen molar-refractivity contribution >= 4 is 5.91 Å². The Labute approximate surface area is 149 Å². The topological polar surface area (TPSA) is 57.4 Å². The van der Waals surface area contributed by atoms with Crippen molar-refractivity contribution in [3.8, 4) is 0 Å². The molecule has 1 aromatic heterocycles. The van der Waals surface area contributed by atoms with Gasteiger partial charge in [-0.3, -0.25) is 9.69 Å². The Balaban J connectivity index is 1.60. The third-order valence-corrected chi connectivity index (χ3v) is 4.83. The molecule has 0 aliphatic carbocycles. The maximum absolute atomic E-state index is 12.5. The fraction of sp³-hybridized carbons (Fsp3) is 0.450. The highest BCUT2D eigenvalue weighted by Crippen LogP contribution is 2.15. The summed E-state index contributed by atoms with van der Waals surface area (Å²) in [7, 11) is 0. The summed E-state index contributed by atoms with van der Waals surface area (Å²) >= 11 is 0. The summed E-state index contributed by atoms with van der Waals surface area (Å²) in [6.07, 6.45) is 2.66. The van der Waals surface area contributed by atoms with Crippen LogP contribution in [0.1, 0.15) is 35.0 Å². The maximum Gasteiger partial charge on any atom is 0.253 e. The molecule has 25 heavy (non-hydrogen) atoms. The van der Waals surface area contributed by atoms with Crippen molar-refractivity contribution < 1.29 is 9.53 Å². The number of hydrogen-bond acceptors (Lipinski definition) is 3. The molecule has 134 valence electrons. The predicted molar refractivity (Wildman–Crippen MR) is 98.5 cm³/mol. The molecule has 2 N–H and O–H groups in total. The van der Waals surface area contributed by atoms with Crippen LogP contribution in [0.15, 0.2) is 42.6 Å². The highest BCUT2D eigenvalue weighted by Gasteiger charge is 2.28. The molecule has 1 aliphatic heterocycles. The van der Waals surface area contributed by atoms with E-state index in [9.17, 15) is 4.79 Å².